The molecule has 0 radical (unpaired) electrons. The molecule has 4 nitrogen and oxygen atoms in total. The van der Waals surface area contributed by atoms with E-state index in [1.54, 1.807) is 20.0 Å². The van der Waals surface area contributed by atoms with Crippen LogP contribution in [-0.2, 0) is 6.54 Å². The van der Waals surface area contributed by atoms with Crippen LogP contribution in [0.5, 0.6) is 0 Å². The molecule has 21 heavy (non-hydrogen) atoms. The number of nitrogen functional groups attached to an aromatic ring is 1. The summed E-state index contributed by atoms with van der Waals surface area (Å²) in [5, 5.41) is 0. The smallest absolute Gasteiger partial charge is 0.255 e. The highest BCUT2D eigenvalue weighted by Gasteiger charge is 2.16. The third-order valence-electron chi connectivity index (χ3n) is 3.09. The summed E-state index contributed by atoms with van der Waals surface area (Å²) in [5.41, 5.74) is 7.47. The van der Waals surface area contributed by atoms with Crippen molar-refractivity contribution in [3.8, 4) is 0 Å². The van der Waals surface area contributed by atoms with Crippen molar-refractivity contribution in [2.75, 3.05) is 12.8 Å². The maximum Gasteiger partial charge on any atom is 0.255 e. The maximum atomic E-state index is 13.2. The summed E-state index contributed by atoms with van der Waals surface area (Å²) in [6.45, 7) is 1.86. The quantitative estimate of drug-likeness (QED) is 0.945. The molecule has 0 saturated heterocycles. The zero-order valence-electron chi connectivity index (χ0n) is 11.7. The van der Waals surface area contributed by atoms with Crippen LogP contribution in [0.15, 0.2) is 30.5 Å². The highest BCUT2D eigenvalue weighted by Crippen LogP contribution is 2.15. The minimum atomic E-state index is -0.935. The third kappa shape index (κ3) is 3.34. The van der Waals surface area contributed by atoms with Gasteiger partial charge < -0.3 is 10.6 Å². The number of nitrogens with zero attached hydrogens (tertiary/aromatic N) is 2. The first-order chi connectivity index (χ1) is 9.88. The van der Waals surface area contributed by atoms with E-state index in [-0.39, 0.29) is 12.5 Å². The van der Waals surface area contributed by atoms with Gasteiger partial charge >= 0.3 is 0 Å². The van der Waals surface area contributed by atoms with Gasteiger partial charge in [-0.15, -0.1) is 0 Å². The Hall–Kier alpha value is -2.50. The summed E-state index contributed by atoms with van der Waals surface area (Å²) < 4.78 is 26.0. The Balaban J connectivity index is 2.19. The van der Waals surface area contributed by atoms with E-state index in [0.717, 1.165) is 12.1 Å². The number of aryl methyl sites for hydroxylation is 1. The standard InChI is InChI=1S/C15H15F2N3O/c1-9-12(6-11(18)7-19-9)15(21)20(2)8-10-3-4-13(16)14(17)5-10/h3-7H,8,18H2,1-2H3. The summed E-state index contributed by atoms with van der Waals surface area (Å²) in [4.78, 5) is 17.8. The molecule has 0 unspecified atom stereocenters. The fourth-order valence-electron chi connectivity index (χ4n) is 1.96. The van der Waals surface area contributed by atoms with Gasteiger partial charge in [-0.2, -0.15) is 0 Å². The van der Waals surface area contributed by atoms with Gasteiger partial charge in [-0.25, -0.2) is 8.78 Å². The number of nitrogens with two attached hydrogens (primary N) is 1. The summed E-state index contributed by atoms with van der Waals surface area (Å²) in [6.07, 6.45) is 1.47. The van der Waals surface area contributed by atoms with Crippen molar-refractivity contribution in [2.45, 2.75) is 13.5 Å². The molecule has 0 fully saturated rings. The van der Waals surface area contributed by atoms with Crippen LogP contribution >= 0.6 is 0 Å². The lowest BCUT2D eigenvalue weighted by Crippen LogP contribution is -2.27. The highest BCUT2D eigenvalue weighted by atomic mass is 19.2. The Labute approximate surface area is 121 Å². The number of aromatic nitrogens is 1. The Morgan fingerprint density at radius 1 is 1.29 bits per heavy atom. The van der Waals surface area contributed by atoms with E-state index in [9.17, 15) is 13.6 Å². The van der Waals surface area contributed by atoms with Crippen LogP contribution in [0, 0.1) is 18.6 Å². The summed E-state index contributed by atoms with van der Waals surface area (Å²) in [6, 6.07) is 5.10. The first-order valence-corrected chi connectivity index (χ1v) is 6.30. The number of pyridine rings is 1. The zero-order valence-corrected chi connectivity index (χ0v) is 11.7. The van der Waals surface area contributed by atoms with Crippen LogP contribution < -0.4 is 5.73 Å². The molecule has 0 bridgehead atoms. The Kier molecular flexibility index (Phi) is 4.16. The number of benzene rings is 1. The van der Waals surface area contributed by atoms with Crippen LogP contribution in [-0.4, -0.2) is 22.8 Å². The van der Waals surface area contributed by atoms with Gasteiger partial charge in [0.05, 0.1) is 23.1 Å². The molecule has 1 aromatic heterocycles. The van der Waals surface area contributed by atoms with Gasteiger partial charge in [0.25, 0.3) is 5.91 Å². The Morgan fingerprint density at radius 2 is 2.00 bits per heavy atom. The van der Waals surface area contributed by atoms with E-state index in [0.29, 0.717) is 22.5 Å². The number of amides is 1. The number of rotatable bonds is 3. The molecular weight excluding hydrogens is 276 g/mol. The van der Waals surface area contributed by atoms with Crippen LogP contribution in [0.25, 0.3) is 0 Å². The van der Waals surface area contributed by atoms with E-state index in [1.807, 2.05) is 0 Å². The molecule has 0 aliphatic carbocycles. The predicted octanol–water partition coefficient (Wildman–Crippen LogP) is 2.52. The van der Waals surface area contributed by atoms with Gasteiger partial charge in [-0.3, -0.25) is 9.78 Å². The van der Waals surface area contributed by atoms with Crippen LogP contribution in [0.1, 0.15) is 21.6 Å². The number of halogens is 2. The number of anilines is 1. The van der Waals surface area contributed by atoms with E-state index in [2.05, 4.69) is 4.98 Å². The van der Waals surface area contributed by atoms with Crippen molar-refractivity contribution in [2.24, 2.45) is 0 Å². The van der Waals surface area contributed by atoms with Crippen molar-refractivity contribution in [1.82, 2.24) is 9.88 Å². The van der Waals surface area contributed by atoms with Crippen molar-refractivity contribution in [1.29, 1.82) is 0 Å². The number of carbonyl (C=O) groups excluding carboxylic acids is 1. The second-order valence-electron chi connectivity index (χ2n) is 4.81. The zero-order chi connectivity index (χ0) is 15.6. The SMILES string of the molecule is Cc1ncc(N)cc1C(=O)N(C)Cc1ccc(F)c(F)c1. The topological polar surface area (TPSA) is 59.2 Å². The van der Waals surface area contributed by atoms with Crippen LogP contribution in [0.3, 0.4) is 0 Å². The van der Waals surface area contributed by atoms with Gasteiger partial charge in [0.1, 0.15) is 0 Å². The lowest BCUT2D eigenvalue weighted by Gasteiger charge is -2.18. The normalized spacial score (nSPS) is 10.5. The first kappa shape index (κ1) is 14.9. The van der Waals surface area contributed by atoms with Crippen molar-refractivity contribution >= 4 is 11.6 Å². The molecule has 1 aromatic carbocycles. The summed E-state index contributed by atoms with van der Waals surface area (Å²) >= 11 is 0. The molecule has 1 heterocycles. The van der Waals surface area contributed by atoms with Gasteiger partial charge in [0.15, 0.2) is 11.6 Å². The third-order valence-corrected chi connectivity index (χ3v) is 3.09. The second kappa shape index (κ2) is 5.87. The molecule has 110 valence electrons. The summed E-state index contributed by atoms with van der Waals surface area (Å²) in [7, 11) is 1.58. The summed E-state index contributed by atoms with van der Waals surface area (Å²) in [5.74, 6) is -2.13. The van der Waals surface area contributed by atoms with Gasteiger partial charge in [0, 0.05) is 13.6 Å². The fraction of sp³-hybridized carbons (Fsp3) is 0.200. The molecule has 0 atom stereocenters. The molecule has 6 heteroatoms. The minimum absolute atomic E-state index is 0.157. The minimum Gasteiger partial charge on any atom is -0.397 e. The fourth-order valence-corrected chi connectivity index (χ4v) is 1.96. The lowest BCUT2D eigenvalue weighted by molar-refractivity contribution is 0.0783. The largest absolute Gasteiger partial charge is 0.397 e. The second-order valence-corrected chi connectivity index (χ2v) is 4.81. The van der Waals surface area contributed by atoms with E-state index in [4.69, 9.17) is 5.73 Å². The van der Waals surface area contributed by atoms with E-state index < -0.39 is 11.6 Å². The predicted molar refractivity (Wildman–Crippen MR) is 75.5 cm³/mol. The van der Waals surface area contributed by atoms with Crippen molar-refractivity contribution in [3.63, 3.8) is 0 Å². The van der Waals surface area contributed by atoms with Gasteiger partial charge in [-0.05, 0) is 30.7 Å². The number of carbonyl (C=O) groups is 1. The highest BCUT2D eigenvalue weighted by molar-refractivity contribution is 5.95. The van der Waals surface area contributed by atoms with Crippen LogP contribution in [0.2, 0.25) is 0 Å². The molecule has 0 saturated carbocycles. The first-order valence-electron chi connectivity index (χ1n) is 6.30. The van der Waals surface area contributed by atoms with Crippen molar-refractivity contribution in [3.05, 3.63) is 58.9 Å². The number of hydrogen-bond acceptors (Lipinski definition) is 3. The van der Waals surface area contributed by atoms with Gasteiger partial charge in [0.2, 0.25) is 0 Å². The molecule has 1 amide bonds. The molecular formula is C15H15F2N3O. The average molecular weight is 291 g/mol. The lowest BCUT2D eigenvalue weighted by atomic mass is 10.1. The van der Waals surface area contributed by atoms with Gasteiger partial charge in [-0.1, -0.05) is 6.07 Å². The van der Waals surface area contributed by atoms with E-state index in [1.165, 1.54) is 17.2 Å². The van der Waals surface area contributed by atoms with E-state index >= 15 is 0 Å². The number of hydrogen-bond donors (Lipinski definition) is 1. The Morgan fingerprint density at radius 3 is 2.67 bits per heavy atom. The Bertz CT molecular complexity index is 689. The molecule has 0 aliphatic heterocycles. The maximum absolute atomic E-state index is 13.2. The van der Waals surface area contributed by atoms with Crippen LogP contribution in [0.4, 0.5) is 14.5 Å². The molecule has 2 aromatic rings. The molecule has 0 aliphatic rings. The van der Waals surface area contributed by atoms with Crippen molar-refractivity contribution < 1.29 is 13.6 Å². The molecule has 2 rings (SSSR count). The molecule has 0 spiro atoms. The average Bonchev–Trinajstić information content (AvgIpc) is 2.44. The monoisotopic (exact) mass is 291 g/mol. The molecule has 2 N–H and O–H groups in total.